The first-order valence-corrected chi connectivity index (χ1v) is 6.01. The molecule has 3 heteroatoms. The van der Waals surface area contributed by atoms with Crippen molar-refractivity contribution in [2.75, 3.05) is 5.88 Å². The highest BCUT2D eigenvalue weighted by Gasteiger charge is 2.13. The van der Waals surface area contributed by atoms with Crippen LogP contribution in [0, 0.1) is 5.92 Å². The molecule has 1 N–H and O–H groups in total. The van der Waals surface area contributed by atoms with E-state index in [2.05, 4.69) is 19.2 Å². The van der Waals surface area contributed by atoms with Crippen molar-refractivity contribution in [2.45, 2.75) is 52.5 Å². The lowest BCUT2D eigenvalue weighted by molar-refractivity contribution is -0.124. The summed E-state index contributed by atoms with van der Waals surface area (Å²) in [5.41, 5.74) is 0. The van der Waals surface area contributed by atoms with Crippen LogP contribution in [0.1, 0.15) is 46.5 Å². The molecule has 0 aliphatic rings. The molecule has 0 fully saturated rings. The van der Waals surface area contributed by atoms with Crippen molar-refractivity contribution in [2.24, 2.45) is 5.92 Å². The highest BCUT2D eigenvalue weighted by molar-refractivity contribution is 6.19. The summed E-state index contributed by atoms with van der Waals surface area (Å²) >= 11 is 5.60. The topological polar surface area (TPSA) is 29.1 Å². The second-order valence-corrected chi connectivity index (χ2v) is 4.27. The fourth-order valence-corrected chi connectivity index (χ4v) is 1.37. The van der Waals surface area contributed by atoms with Gasteiger partial charge in [0.05, 0.1) is 0 Å². The molecule has 0 aliphatic heterocycles. The molecule has 2 unspecified atom stereocenters. The number of nitrogens with one attached hydrogen (secondary N) is 1. The first-order chi connectivity index (χ1) is 6.61. The van der Waals surface area contributed by atoms with Crippen LogP contribution < -0.4 is 5.32 Å². The van der Waals surface area contributed by atoms with E-state index in [0.29, 0.717) is 5.88 Å². The van der Waals surface area contributed by atoms with Gasteiger partial charge in [0.2, 0.25) is 5.91 Å². The minimum Gasteiger partial charge on any atom is -0.353 e. The van der Waals surface area contributed by atoms with Gasteiger partial charge in [-0.25, -0.2) is 0 Å². The third-order valence-electron chi connectivity index (χ3n) is 2.31. The van der Waals surface area contributed by atoms with Gasteiger partial charge < -0.3 is 5.32 Å². The number of unbranched alkanes of at least 4 members (excludes halogenated alkanes) is 2. The second-order valence-electron chi connectivity index (χ2n) is 3.96. The van der Waals surface area contributed by atoms with Crippen LogP contribution in [0.5, 0.6) is 0 Å². The van der Waals surface area contributed by atoms with Crippen molar-refractivity contribution in [3.05, 3.63) is 0 Å². The Morgan fingerprint density at radius 1 is 1.36 bits per heavy atom. The largest absolute Gasteiger partial charge is 0.353 e. The maximum Gasteiger partial charge on any atom is 0.224 e. The molecule has 2 atom stereocenters. The lowest BCUT2D eigenvalue weighted by atomic mass is 10.1. The molecule has 0 aromatic carbocycles. The SMILES string of the molecule is CCCCCC(C)NC(=O)C(C)CCl. The molecule has 0 heterocycles. The summed E-state index contributed by atoms with van der Waals surface area (Å²) in [5.74, 6) is 0.391. The number of hydrogen-bond donors (Lipinski definition) is 1. The zero-order valence-corrected chi connectivity index (χ0v) is 10.2. The van der Waals surface area contributed by atoms with Gasteiger partial charge in [-0.05, 0) is 13.3 Å². The molecule has 0 radical (unpaired) electrons. The predicted octanol–water partition coefficient (Wildman–Crippen LogP) is 2.95. The molecule has 0 bridgehead atoms. The van der Waals surface area contributed by atoms with Crippen molar-refractivity contribution in [1.82, 2.24) is 5.32 Å². The molecule has 84 valence electrons. The second kappa shape index (κ2) is 8.10. The number of amides is 1. The van der Waals surface area contributed by atoms with Crippen LogP contribution in [0.25, 0.3) is 0 Å². The Balaban J connectivity index is 3.60. The minimum atomic E-state index is -0.0784. The number of hydrogen-bond acceptors (Lipinski definition) is 1. The average Bonchev–Trinajstić information content (AvgIpc) is 2.16. The first kappa shape index (κ1) is 13.8. The molecule has 0 aromatic heterocycles. The lowest BCUT2D eigenvalue weighted by Gasteiger charge is -2.15. The fourth-order valence-electron chi connectivity index (χ4n) is 1.23. The molecular formula is C11H22ClNO. The van der Waals surface area contributed by atoms with Crippen molar-refractivity contribution in [3.63, 3.8) is 0 Å². The zero-order valence-electron chi connectivity index (χ0n) is 9.48. The number of rotatable bonds is 7. The summed E-state index contributed by atoms with van der Waals surface area (Å²) in [4.78, 5) is 11.4. The molecule has 0 aromatic rings. The zero-order chi connectivity index (χ0) is 11.0. The summed E-state index contributed by atoms with van der Waals surface area (Å²) in [6, 6.07) is 0.278. The number of carbonyl (C=O) groups excluding carboxylic acids is 1. The van der Waals surface area contributed by atoms with Gasteiger partial charge in [0.15, 0.2) is 0 Å². The van der Waals surface area contributed by atoms with Gasteiger partial charge in [-0.2, -0.15) is 0 Å². The van der Waals surface area contributed by atoms with Crippen LogP contribution in [-0.4, -0.2) is 17.8 Å². The Labute approximate surface area is 92.4 Å². The molecule has 0 spiro atoms. The number of halogens is 1. The summed E-state index contributed by atoms with van der Waals surface area (Å²) < 4.78 is 0. The average molecular weight is 220 g/mol. The Hall–Kier alpha value is -0.240. The van der Waals surface area contributed by atoms with Gasteiger partial charge >= 0.3 is 0 Å². The van der Waals surface area contributed by atoms with Crippen LogP contribution in [0.2, 0.25) is 0 Å². The molecule has 2 nitrogen and oxygen atoms in total. The van der Waals surface area contributed by atoms with E-state index < -0.39 is 0 Å². The quantitative estimate of drug-likeness (QED) is 0.518. The predicted molar refractivity (Wildman–Crippen MR) is 61.6 cm³/mol. The van der Waals surface area contributed by atoms with E-state index in [4.69, 9.17) is 11.6 Å². The minimum absolute atomic E-state index is 0.0731. The standard InChI is InChI=1S/C11H22ClNO/c1-4-5-6-7-10(3)13-11(14)9(2)8-12/h9-10H,4-8H2,1-3H3,(H,13,14). The van der Waals surface area contributed by atoms with Crippen molar-refractivity contribution in [1.29, 1.82) is 0 Å². The molecule has 0 saturated heterocycles. The third-order valence-corrected chi connectivity index (χ3v) is 2.77. The van der Waals surface area contributed by atoms with E-state index in [-0.39, 0.29) is 17.9 Å². The molecule has 14 heavy (non-hydrogen) atoms. The van der Waals surface area contributed by atoms with Gasteiger partial charge in [0.25, 0.3) is 0 Å². The Morgan fingerprint density at radius 3 is 2.50 bits per heavy atom. The maximum atomic E-state index is 11.4. The van der Waals surface area contributed by atoms with E-state index in [1.165, 1.54) is 19.3 Å². The Bertz CT molecular complexity index is 161. The normalized spacial score (nSPS) is 14.9. The first-order valence-electron chi connectivity index (χ1n) is 5.48. The van der Waals surface area contributed by atoms with Crippen LogP contribution in [0.3, 0.4) is 0 Å². The van der Waals surface area contributed by atoms with Gasteiger partial charge in [-0.15, -0.1) is 11.6 Å². The lowest BCUT2D eigenvalue weighted by Crippen LogP contribution is -2.36. The van der Waals surface area contributed by atoms with Crippen molar-refractivity contribution < 1.29 is 4.79 Å². The number of carbonyl (C=O) groups is 1. The summed E-state index contributed by atoms with van der Waals surface area (Å²) in [5, 5.41) is 2.97. The van der Waals surface area contributed by atoms with E-state index in [9.17, 15) is 4.79 Å². The summed E-state index contributed by atoms with van der Waals surface area (Å²) in [6.45, 7) is 6.08. The van der Waals surface area contributed by atoms with Crippen molar-refractivity contribution >= 4 is 17.5 Å². The van der Waals surface area contributed by atoms with Gasteiger partial charge in [-0.3, -0.25) is 4.79 Å². The third kappa shape index (κ3) is 6.25. The maximum absolute atomic E-state index is 11.4. The summed E-state index contributed by atoms with van der Waals surface area (Å²) in [6.07, 6.45) is 4.71. The number of alkyl halides is 1. The van der Waals surface area contributed by atoms with E-state index >= 15 is 0 Å². The van der Waals surface area contributed by atoms with Crippen LogP contribution >= 0.6 is 11.6 Å². The monoisotopic (exact) mass is 219 g/mol. The smallest absolute Gasteiger partial charge is 0.224 e. The highest BCUT2D eigenvalue weighted by Crippen LogP contribution is 2.04. The Kier molecular flexibility index (Phi) is 7.96. The summed E-state index contributed by atoms with van der Waals surface area (Å²) in [7, 11) is 0. The highest BCUT2D eigenvalue weighted by atomic mass is 35.5. The van der Waals surface area contributed by atoms with Gasteiger partial charge in [0.1, 0.15) is 0 Å². The van der Waals surface area contributed by atoms with Crippen LogP contribution in [0.4, 0.5) is 0 Å². The molecule has 0 aliphatic carbocycles. The van der Waals surface area contributed by atoms with Crippen LogP contribution in [0.15, 0.2) is 0 Å². The molecule has 1 amide bonds. The molecule has 0 saturated carbocycles. The van der Waals surface area contributed by atoms with Gasteiger partial charge in [0, 0.05) is 17.8 Å². The van der Waals surface area contributed by atoms with E-state index in [0.717, 1.165) is 6.42 Å². The fraction of sp³-hybridized carbons (Fsp3) is 0.909. The van der Waals surface area contributed by atoms with Crippen LogP contribution in [-0.2, 0) is 4.79 Å². The van der Waals surface area contributed by atoms with E-state index in [1.807, 2.05) is 6.92 Å². The van der Waals surface area contributed by atoms with E-state index in [1.54, 1.807) is 0 Å². The molecule has 0 rings (SSSR count). The van der Waals surface area contributed by atoms with Crippen molar-refractivity contribution in [3.8, 4) is 0 Å². The van der Waals surface area contributed by atoms with Gasteiger partial charge in [-0.1, -0.05) is 33.1 Å². The molecular weight excluding hydrogens is 198 g/mol. The Morgan fingerprint density at radius 2 is 2.00 bits per heavy atom.